The Hall–Kier alpha value is -3.99. The Morgan fingerprint density at radius 3 is 2.52 bits per heavy atom. The van der Waals surface area contributed by atoms with E-state index in [0.717, 1.165) is 5.56 Å². The quantitative estimate of drug-likeness (QED) is 0.339. The van der Waals surface area contributed by atoms with E-state index >= 15 is 0 Å². The maximum Gasteiger partial charge on any atom is 0.407 e. The van der Waals surface area contributed by atoms with Crippen molar-refractivity contribution in [2.24, 2.45) is 5.92 Å². The number of hydrogen-bond donors (Lipinski definition) is 2. The highest BCUT2D eigenvalue weighted by atomic mass is 32.2. The molecule has 0 bridgehead atoms. The van der Waals surface area contributed by atoms with E-state index in [1.807, 2.05) is 31.9 Å². The summed E-state index contributed by atoms with van der Waals surface area (Å²) in [6.45, 7) is 5.93. The molecule has 2 heterocycles. The Balaban J connectivity index is 1.45. The van der Waals surface area contributed by atoms with Crippen LogP contribution in [0.5, 0.6) is 0 Å². The average Bonchev–Trinajstić information content (AvgIpc) is 3.56. The lowest BCUT2D eigenvalue weighted by Gasteiger charge is -2.32. The van der Waals surface area contributed by atoms with Gasteiger partial charge in [0.15, 0.2) is 5.50 Å². The molecule has 1 aliphatic rings. The highest BCUT2D eigenvalue weighted by molar-refractivity contribution is 8.01. The molecule has 2 unspecified atom stereocenters. The molecule has 3 atom stereocenters. The number of amides is 3. The van der Waals surface area contributed by atoms with Gasteiger partial charge in [-0.25, -0.2) is 9.18 Å². The highest BCUT2D eigenvalue weighted by Gasteiger charge is 2.43. The Kier molecular flexibility index (Phi) is 9.36. The summed E-state index contributed by atoms with van der Waals surface area (Å²) < 4.78 is 24.5. The molecule has 2 N–H and O–H groups in total. The van der Waals surface area contributed by atoms with Crippen molar-refractivity contribution in [3.63, 3.8) is 0 Å². The first-order valence-corrected chi connectivity index (χ1v) is 13.9. The van der Waals surface area contributed by atoms with Gasteiger partial charge in [-0.05, 0) is 60.9 Å². The summed E-state index contributed by atoms with van der Waals surface area (Å²) in [6, 6.07) is 16.0. The second kappa shape index (κ2) is 12.9. The molecule has 1 saturated heterocycles. The van der Waals surface area contributed by atoms with Crippen LogP contribution < -0.4 is 15.5 Å². The molecular formula is C29H33FN4O5S. The number of carbonyl (C=O) groups is 3. The number of alkyl carbamates (subject to hydrolysis) is 1. The fourth-order valence-corrected chi connectivity index (χ4v) is 5.54. The zero-order valence-electron chi connectivity index (χ0n) is 22.8. The van der Waals surface area contributed by atoms with E-state index in [1.165, 1.54) is 23.9 Å². The van der Waals surface area contributed by atoms with Crippen molar-refractivity contribution < 1.29 is 27.9 Å². The van der Waals surface area contributed by atoms with Crippen molar-refractivity contribution in [1.82, 2.24) is 10.2 Å². The topological polar surface area (TPSA) is 104 Å². The number of halogens is 1. The van der Waals surface area contributed by atoms with Crippen molar-refractivity contribution >= 4 is 41.0 Å². The second-order valence-electron chi connectivity index (χ2n) is 9.95. The fraction of sp³-hybridized carbons (Fsp3) is 0.345. The third kappa shape index (κ3) is 7.15. The summed E-state index contributed by atoms with van der Waals surface area (Å²) in [5.74, 6) is -0.0396. The van der Waals surface area contributed by atoms with Crippen LogP contribution in [0.1, 0.15) is 37.3 Å². The summed E-state index contributed by atoms with van der Waals surface area (Å²) in [6.07, 6.45) is 0.907. The molecule has 0 aliphatic carbocycles. The van der Waals surface area contributed by atoms with Crippen LogP contribution in [0.2, 0.25) is 0 Å². The first-order valence-electron chi connectivity index (χ1n) is 12.9. The monoisotopic (exact) mass is 568 g/mol. The molecule has 212 valence electrons. The fourth-order valence-electron chi connectivity index (χ4n) is 4.10. The van der Waals surface area contributed by atoms with E-state index in [9.17, 15) is 18.8 Å². The Morgan fingerprint density at radius 2 is 1.88 bits per heavy atom. The Labute approximate surface area is 237 Å². The van der Waals surface area contributed by atoms with Gasteiger partial charge in [0.2, 0.25) is 11.8 Å². The number of rotatable bonds is 10. The molecule has 2 aromatic carbocycles. The van der Waals surface area contributed by atoms with Crippen molar-refractivity contribution in [2.75, 3.05) is 23.9 Å². The number of nitrogens with zero attached hydrogens (tertiary/aromatic N) is 2. The Bertz CT molecular complexity index is 1320. The molecular weight excluding hydrogens is 535 g/mol. The predicted molar refractivity (Wildman–Crippen MR) is 152 cm³/mol. The molecule has 11 heteroatoms. The first-order chi connectivity index (χ1) is 19.1. The third-order valence-electron chi connectivity index (χ3n) is 6.24. The van der Waals surface area contributed by atoms with E-state index in [1.54, 1.807) is 60.6 Å². The highest BCUT2D eigenvalue weighted by Crippen LogP contribution is 2.45. The predicted octanol–water partition coefficient (Wildman–Crippen LogP) is 5.36. The summed E-state index contributed by atoms with van der Waals surface area (Å²) in [5.41, 5.74) is 1.51. The van der Waals surface area contributed by atoms with Gasteiger partial charge in [-0.2, -0.15) is 0 Å². The molecule has 40 heavy (non-hydrogen) atoms. The van der Waals surface area contributed by atoms with Crippen molar-refractivity contribution in [2.45, 2.75) is 44.1 Å². The molecule has 0 saturated carbocycles. The van der Waals surface area contributed by atoms with Crippen LogP contribution in [-0.2, 0) is 20.9 Å². The van der Waals surface area contributed by atoms with Crippen LogP contribution >= 0.6 is 11.8 Å². The molecule has 0 radical (unpaired) electrons. The number of thioether (sulfide) groups is 1. The molecule has 0 spiro atoms. The average molecular weight is 569 g/mol. The van der Waals surface area contributed by atoms with Crippen LogP contribution in [-0.4, -0.2) is 48.0 Å². The lowest BCUT2D eigenvalue weighted by atomic mass is 10.1. The number of nitrogens with one attached hydrogen (secondary N) is 2. The number of ether oxygens (including phenoxy) is 1. The summed E-state index contributed by atoms with van der Waals surface area (Å²) in [5, 5.41) is 4.76. The molecule has 1 aromatic heterocycles. The van der Waals surface area contributed by atoms with Gasteiger partial charge in [0, 0.05) is 18.4 Å². The second-order valence-corrected chi connectivity index (χ2v) is 11.1. The molecule has 3 aromatic rings. The molecule has 1 aliphatic heterocycles. The van der Waals surface area contributed by atoms with Crippen LogP contribution in [0, 0.1) is 11.7 Å². The van der Waals surface area contributed by atoms with Gasteiger partial charge in [0.1, 0.15) is 22.9 Å². The first kappa shape index (κ1) is 29.0. The van der Waals surface area contributed by atoms with E-state index in [2.05, 4.69) is 10.6 Å². The maximum atomic E-state index is 14.0. The number of furan rings is 1. The summed E-state index contributed by atoms with van der Waals surface area (Å²) in [7, 11) is 1.82. The lowest BCUT2D eigenvalue weighted by molar-refractivity contribution is -0.130. The normalized spacial score (nSPS) is 17.6. The zero-order valence-corrected chi connectivity index (χ0v) is 23.6. The van der Waals surface area contributed by atoms with Gasteiger partial charge < -0.3 is 29.6 Å². The molecule has 4 rings (SSSR count). The van der Waals surface area contributed by atoms with Gasteiger partial charge in [-0.1, -0.05) is 43.8 Å². The number of benzene rings is 2. The van der Waals surface area contributed by atoms with E-state index in [-0.39, 0.29) is 30.8 Å². The van der Waals surface area contributed by atoms with E-state index in [4.69, 9.17) is 9.15 Å². The lowest BCUT2D eigenvalue weighted by Crippen LogP contribution is -2.42. The Morgan fingerprint density at radius 1 is 1.12 bits per heavy atom. The smallest absolute Gasteiger partial charge is 0.407 e. The minimum Gasteiger partial charge on any atom is -0.467 e. The van der Waals surface area contributed by atoms with Crippen LogP contribution in [0.3, 0.4) is 0 Å². The minimum atomic E-state index is -0.805. The zero-order chi connectivity index (χ0) is 28.8. The molecule has 1 fully saturated rings. The van der Waals surface area contributed by atoms with E-state index in [0.29, 0.717) is 17.1 Å². The number of anilines is 2. The minimum absolute atomic E-state index is 0.107. The molecule has 3 amide bonds. The maximum absolute atomic E-state index is 14.0. The van der Waals surface area contributed by atoms with Crippen molar-refractivity contribution in [3.05, 3.63) is 84.1 Å². The summed E-state index contributed by atoms with van der Waals surface area (Å²) in [4.78, 5) is 41.6. The van der Waals surface area contributed by atoms with Gasteiger partial charge in [0.25, 0.3) is 0 Å². The SMILES string of the molecule is CC(C)COC(=O)N[C@@H](C)C(=O)Nc1ccc(C2SC(N(C)c3cccc(F)c3)N(Cc3ccco3)C2=O)cc1. The van der Waals surface area contributed by atoms with Gasteiger partial charge in [-0.15, -0.1) is 0 Å². The van der Waals surface area contributed by atoms with Gasteiger partial charge in [0.05, 0.1) is 19.4 Å². The van der Waals surface area contributed by atoms with Crippen molar-refractivity contribution in [1.29, 1.82) is 0 Å². The number of hydrogen-bond acceptors (Lipinski definition) is 7. The van der Waals surface area contributed by atoms with Gasteiger partial charge in [-0.3, -0.25) is 9.59 Å². The van der Waals surface area contributed by atoms with Crippen LogP contribution in [0.4, 0.5) is 20.6 Å². The van der Waals surface area contributed by atoms with Gasteiger partial charge >= 0.3 is 6.09 Å². The number of carbonyl (C=O) groups excluding carboxylic acids is 3. The van der Waals surface area contributed by atoms with Crippen molar-refractivity contribution in [3.8, 4) is 0 Å². The molecule has 9 nitrogen and oxygen atoms in total. The van der Waals surface area contributed by atoms with Crippen LogP contribution in [0.15, 0.2) is 71.3 Å². The largest absolute Gasteiger partial charge is 0.467 e. The third-order valence-corrected chi connectivity index (χ3v) is 7.80. The summed E-state index contributed by atoms with van der Waals surface area (Å²) >= 11 is 1.44. The van der Waals surface area contributed by atoms with Crippen LogP contribution in [0.25, 0.3) is 0 Å². The van der Waals surface area contributed by atoms with E-state index < -0.39 is 28.8 Å². The standard InChI is InChI=1S/C29H33FN4O5S/c1-18(2)17-39-28(37)31-19(3)26(35)32-22-12-10-20(11-13-22)25-27(36)34(16-24-9-6-14-38-24)29(40-25)33(4)23-8-5-7-21(30)15-23/h5-15,18-19,25,29H,16-17H2,1-4H3,(H,31,37)(H,32,35)/t19-,25?,29?/m0/s1.